The minimum absolute atomic E-state index is 0.576. The van der Waals surface area contributed by atoms with E-state index in [0.29, 0.717) is 6.04 Å². The van der Waals surface area contributed by atoms with Crippen molar-refractivity contribution in [1.82, 2.24) is 10.2 Å². The highest BCUT2D eigenvalue weighted by atomic mass is 32.1. The first kappa shape index (κ1) is 11.1. The van der Waals surface area contributed by atoms with E-state index in [4.69, 9.17) is 0 Å². The number of thiophene rings is 1. The van der Waals surface area contributed by atoms with Crippen molar-refractivity contribution < 1.29 is 0 Å². The van der Waals surface area contributed by atoms with Gasteiger partial charge < -0.3 is 10.2 Å². The van der Waals surface area contributed by atoms with E-state index in [-0.39, 0.29) is 0 Å². The number of rotatable bonds is 3. The molecule has 15 heavy (non-hydrogen) atoms. The Bertz CT molecular complexity index is 330. The number of fused-ring (bicyclic) bond motifs is 1. The highest BCUT2D eigenvalue weighted by molar-refractivity contribution is 7.10. The molecular weight excluding hydrogens is 204 g/mol. The second kappa shape index (κ2) is 4.64. The van der Waals surface area contributed by atoms with Crippen LogP contribution in [0.4, 0.5) is 0 Å². The van der Waals surface area contributed by atoms with Crippen LogP contribution in [0.5, 0.6) is 0 Å². The lowest BCUT2D eigenvalue weighted by Gasteiger charge is -2.23. The second-order valence-corrected chi connectivity index (χ2v) is 5.65. The fraction of sp³-hybridized carbons (Fsp3) is 0.667. The largest absolute Gasteiger partial charge is 0.310 e. The summed E-state index contributed by atoms with van der Waals surface area (Å²) in [6.07, 6.45) is 1.23. The van der Waals surface area contributed by atoms with Gasteiger partial charge in [0, 0.05) is 30.6 Å². The van der Waals surface area contributed by atoms with Gasteiger partial charge in [-0.3, -0.25) is 0 Å². The van der Waals surface area contributed by atoms with Gasteiger partial charge in [0.05, 0.1) is 0 Å². The molecule has 1 N–H and O–H groups in total. The summed E-state index contributed by atoms with van der Waals surface area (Å²) in [6, 6.07) is 0.576. The minimum atomic E-state index is 0.576. The van der Waals surface area contributed by atoms with E-state index in [1.165, 1.54) is 18.5 Å². The highest BCUT2D eigenvalue weighted by Gasteiger charge is 2.17. The first-order chi connectivity index (χ1) is 7.16. The topological polar surface area (TPSA) is 15.3 Å². The zero-order valence-electron chi connectivity index (χ0n) is 9.84. The van der Waals surface area contributed by atoms with Gasteiger partial charge in [0.2, 0.25) is 0 Å². The lowest BCUT2D eigenvalue weighted by molar-refractivity contribution is 0.316. The Labute approximate surface area is 96.3 Å². The monoisotopic (exact) mass is 224 g/mol. The maximum absolute atomic E-state index is 3.50. The number of hydrogen-bond donors (Lipinski definition) is 1. The average molecular weight is 224 g/mol. The fourth-order valence-corrected chi connectivity index (χ4v) is 3.17. The number of likely N-dealkylation sites (N-methyl/N-ethyl adjacent to an activating group) is 1. The van der Waals surface area contributed by atoms with Gasteiger partial charge in [0.15, 0.2) is 0 Å². The fourth-order valence-electron chi connectivity index (χ4n) is 1.99. The molecule has 0 saturated carbocycles. The van der Waals surface area contributed by atoms with Crippen LogP contribution in [0.3, 0.4) is 0 Å². The summed E-state index contributed by atoms with van der Waals surface area (Å²) < 4.78 is 0. The Morgan fingerprint density at radius 1 is 1.53 bits per heavy atom. The maximum Gasteiger partial charge on any atom is 0.0327 e. The van der Waals surface area contributed by atoms with Crippen LogP contribution < -0.4 is 5.32 Å². The van der Waals surface area contributed by atoms with E-state index >= 15 is 0 Å². The predicted octanol–water partition coefficient (Wildman–Crippen LogP) is 2.23. The van der Waals surface area contributed by atoms with Crippen LogP contribution >= 0.6 is 11.3 Å². The summed E-state index contributed by atoms with van der Waals surface area (Å²) in [6.45, 7) is 7.78. The molecule has 0 bridgehead atoms. The first-order valence-electron chi connectivity index (χ1n) is 5.67. The average Bonchev–Trinajstić information content (AvgIpc) is 2.57. The normalized spacial score (nSPS) is 17.1. The van der Waals surface area contributed by atoms with Gasteiger partial charge in [-0.1, -0.05) is 13.8 Å². The van der Waals surface area contributed by atoms with Crippen LogP contribution in [0.15, 0.2) is 5.38 Å². The van der Waals surface area contributed by atoms with Crippen LogP contribution in [0.1, 0.15) is 29.9 Å². The third-order valence-corrected chi connectivity index (χ3v) is 3.99. The molecule has 0 spiro atoms. The molecule has 2 heterocycles. The summed E-state index contributed by atoms with van der Waals surface area (Å²) in [4.78, 5) is 3.97. The van der Waals surface area contributed by atoms with E-state index in [0.717, 1.165) is 13.1 Å². The number of nitrogens with zero attached hydrogens (tertiary/aromatic N) is 1. The summed E-state index contributed by atoms with van der Waals surface area (Å²) in [5.41, 5.74) is 3.14. The van der Waals surface area contributed by atoms with Gasteiger partial charge in [-0.05, 0) is 30.0 Å². The van der Waals surface area contributed by atoms with Crippen molar-refractivity contribution >= 4 is 11.3 Å². The van der Waals surface area contributed by atoms with E-state index in [9.17, 15) is 0 Å². The summed E-state index contributed by atoms with van der Waals surface area (Å²) >= 11 is 1.93. The molecule has 1 aliphatic heterocycles. The van der Waals surface area contributed by atoms with E-state index in [2.05, 4.69) is 36.5 Å². The van der Waals surface area contributed by atoms with Gasteiger partial charge in [-0.25, -0.2) is 0 Å². The Kier molecular flexibility index (Phi) is 3.44. The number of nitrogens with one attached hydrogen (secondary N) is 1. The van der Waals surface area contributed by atoms with Crippen molar-refractivity contribution in [3.63, 3.8) is 0 Å². The van der Waals surface area contributed by atoms with Crippen molar-refractivity contribution in [3.8, 4) is 0 Å². The van der Waals surface area contributed by atoms with Gasteiger partial charge >= 0.3 is 0 Å². The smallest absolute Gasteiger partial charge is 0.0327 e. The SMILES string of the molecule is CC(C)NCc1csc2c1CCN(C)C2. The standard InChI is InChI=1S/C12H20N2S/c1-9(2)13-6-10-8-15-12-7-14(3)5-4-11(10)12/h8-9,13H,4-7H2,1-3H3. The van der Waals surface area contributed by atoms with Crippen molar-refractivity contribution in [2.45, 2.75) is 39.4 Å². The molecule has 1 aromatic heterocycles. The number of hydrogen-bond acceptors (Lipinski definition) is 3. The van der Waals surface area contributed by atoms with Crippen LogP contribution in [-0.4, -0.2) is 24.5 Å². The zero-order chi connectivity index (χ0) is 10.8. The van der Waals surface area contributed by atoms with Gasteiger partial charge in [0.25, 0.3) is 0 Å². The summed E-state index contributed by atoms with van der Waals surface area (Å²) in [5, 5.41) is 5.83. The maximum atomic E-state index is 3.50. The van der Waals surface area contributed by atoms with Gasteiger partial charge in [-0.15, -0.1) is 11.3 Å². The third-order valence-electron chi connectivity index (χ3n) is 2.93. The Morgan fingerprint density at radius 3 is 3.07 bits per heavy atom. The van der Waals surface area contributed by atoms with Crippen LogP contribution in [0.2, 0.25) is 0 Å². The lowest BCUT2D eigenvalue weighted by Crippen LogP contribution is -2.27. The van der Waals surface area contributed by atoms with Gasteiger partial charge in [0.1, 0.15) is 0 Å². The minimum Gasteiger partial charge on any atom is -0.310 e. The van der Waals surface area contributed by atoms with E-state index in [1.807, 2.05) is 11.3 Å². The summed E-state index contributed by atoms with van der Waals surface area (Å²) in [7, 11) is 2.20. The molecule has 0 saturated heterocycles. The molecule has 0 fully saturated rings. The van der Waals surface area contributed by atoms with Crippen molar-refractivity contribution in [2.24, 2.45) is 0 Å². The molecule has 1 aromatic rings. The quantitative estimate of drug-likeness (QED) is 0.847. The second-order valence-electron chi connectivity index (χ2n) is 4.69. The highest BCUT2D eigenvalue weighted by Crippen LogP contribution is 2.27. The van der Waals surface area contributed by atoms with Crippen molar-refractivity contribution in [3.05, 3.63) is 21.4 Å². The molecule has 1 aliphatic rings. The molecule has 84 valence electrons. The predicted molar refractivity (Wildman–Crippen MR) is 66.3 cm³/mol. The van der Waals surface area contributed by atoms with E-state index < -0.39 is 0 Å². The van der Waals surface area contributed by atoms with Crippen molar-refractivity contribution in [1.29, 1.82) is 0 Å². The Hall–Kier alpha value is -0.380. The van der Waals surface area contributed by atoms with Gasteiger partial charge in [-0.2, -0.15) is 0 Å². The molecule has 0 radical (unpaired) electrons. The zero-order valence-corrected chi connectivity index (χ0v) is 10.7. The molecule has 2 rings (SSSR count). The molecule has 2 nitrogen and oxygen atoms in total. The van der Waals surface area contributed by atoms with Crippen LogP contribution in [0.25, 0.3) is 0 Å². The Balaban J connectivity index is 2.07. The lowest BCUT2D eigenvalue weighted by atomic mass is 10.0. The molecule has 0 aliphatic carbocycles. The van der Waals surface area contributed by atoms with E-state index in [1.54, 1.807) is 10.4 Å². The molecule has 0 unspecified atom stereocenters. The molecular formula is C12H20N2S. The molecule has 0 atom stereocenters. The van der Waals surface area contributed by atoms with Crippen LogP contribution in [-0.2, 0) is 19.5 Å². The van der Waals surface area contributed by atoms with Crippen molar-refractivity contribution in [2.75, 3.05) is 13.6 Å². The van der Waals surface area contributed by atoms with Crippen LogP contribution in [0, 0.1) is 0 Å². The molecule has 0 amide bonds. The third kappa shape index (κ3) is 2.60. The first-order valence-corrected chi connectivity index (χ1v) is 6.55. The Morgan fingerprint density at radius 2 is 2.33 bits per heavy atom. The molecule has 3 heteroatoms. The summed E-state index contributed by atoms with van der Waals surface area (Å²) in [5.74, 6) is 0. The molecule has 0 aromatic carbocycles.